The van der Waals surface area contributed by atoms with Crippen LogP contribution < -0.4 is 11.1 Å². The third-order valence-corrected chi connectivity index (χ3v) is 2.57. The van der Waals surface area contributed by atoms with E-state index in [-0.39, 0.29) is 22.1 Å². The zero-order chi connectivity index (χ0) is 14.7. The van der Waals surface area contributed by atoms with Crippen molar-refractivity contribution in [1.29, 1.82) is 0 Å². The van der Waals surface area contributed by atoms with Gasteiger partial charge in [0.1, 0.15) is 5.82 Å². The molecule has 20 heavy (non-hydrogen) atoms. The second-order valence-electron chi connectivity index (χ2n) is 3.75. The summed E-state index contributed by atoms with van der Waals surface area (Å²) in [5.74, 6) is -2.12. The van der Waals surface area contributed by atoms with Gasteiger partial charge in [0.15, 0.2) is 10.8 Å². The molecular formula is C12H8ClFN4O2. The maximum Gasteiger partial charge on any atom is 0.276 e. The van der Waals surface area contributed by atoms with E-state index in [1.54, 1.807) is 0 Å². The zero-order valence-electron chi connectivity index (χ0n) is 9.93. The molecule has 0 saturated carbocycles. The Kier molecular flexibility index (Phi) is 3.90. The monoisotopic (exact) mass is 294 g/mol. The van der Waals surface area contributed by atoms with Gasteiger partial charge in [-0.1, -0.05) is 11.6 Å². The van der Waals surface area contributed by atoms with Gasteiger partial charge in [0.05, 0.1) is 5.69 Å². The van der Waals surface area contributed by atoms with Crippen LogP contribution in [0.1, 0.15) is 20.8 Å². The Hall–Kier alpha value is -2.54. The first kappa shape index (κ1) is 13.9. The molecule has 1 heterocycles. The van der Waals surface area contributed by atoms with Gasteiger partial charge in [0.2, 0.25) is 5.91 Å². The van der Waals surface area contributed by atoms with Crippen LogP contribution in [0.3, 0.4) is 0 Å². The molecule has 2 amide bonds. The molecule has 0 atom stereocenters. The quantitative estimate of drug-likeness (QED) is 0.898. The van der Waals surface area contributed by atoms with Crippen molar-refractivity contribution in [3.63, 3.8) is 0 Å². The van der Waals surface area contributed by atoms with Gasteiger partial charge in [-0.15, -0.1) is 10.2 Å². The molecule has 1 aromatic heterocycles. The average molecular weight is 295 g/mol. The number of nitrogens with zero attached hydrogens (tertiary/aromatic N) is 2. The summed E-state index contributed by atoms with van der Waals surface area (Å²) in [6.07, 6.45) is 0. The first-order chi connectivity index (χ1) is 9.47. The van der Waals surface area contributed by atoms with Gasteiger partial charge in [-0.25, -0.2) is 4.39 Å². The summed E-state index contributed by atoms with van der Waals surface area (Å²) in [5, 5.41) is 9.45. The van der Waals surface area contributed by atoms with E-state index >= 15 is 0 Å². The van der Waals surface area contributed by atoms with E-state index in [4.69, 9.17) is 17.3 Å². The van der Waals surface area contributed by atoms with Crippen LogP contribution in [0.2, 0.25) is 5.15 Å². The Morgan fingerprint density at radius 2 is 1.95 bits per heavy atom. The Balaban J connectivity index is 2.25. The lowest BCUT2D eigenvalue weighted by atomic mass is 10.2. The molecule has 0 unspecified atom stereocenters. The lowest BCUT2D eigenvalue weighted by molar-refractivity contribution is 0.0995. The summed E-state index contributed by atoms with van der Waals surface area (Å²) in [6.45, 7) is 0. The maximum atomic E-state index is 13.5. The smallest absolute Gasteiger partial charge is 0.276 e. The Morgan fingerprint density at radius 3 is 2.55 bits per heavy atom. The zero-order valence-corrected chi connectivity index (χ0v) is 10.7. The first-order valence-electron chi connectivity index (χ1n) is 5.37. The van der Waals surface area contributed by atoms with Gasteiger partial charge >= 0.3 is 0 Å². The van der Waals surface area contributed by atoms with Gasteiger partial charge in [-0.2, -0.15) is 0 Å². The first-order valence-corrected chi connectivity index (χ1v) is 5.75. The van der Waals surface area contributed by atoms with Gasteiger partial charge in [-0.05, 0) is 30.3 Å². The van der Waals surface area contributed by atoms with Crippen molar-refractivity contribution in [2.75, 3.05) is 5.32 Å². The number of nitrogens with one attached hydrogen (secondary N) is 1. The third kappa shape index (κ3) is 3.07. The molecule has 0 aliphatic carbocycles. The molecule has 8 heteroatoms. The SMILES string of the molecule is NC(=O)c1ccc(F)c(NC(=O)c2ccc(Cl)nn2)c1. The van der Waals surface area contributed by atoms with E-state index in [9.17, 15) is 14.0 Å². The van der Waals surface area contributed by atoms with E-state index in [2.05, 4.69) is 15.5 Å². The number of halogens is 2. The van der Waals surface area contributed by atoms with Crippen LogP contribution in [0.4, 0.5) is 10.1 Å². The van der Waals surface area contributed by atoms with E-state index in [0.717, 1.165) is 12.1 Å². The van der Waals surface area contributed by atoms with E-state index < -0.39 is 17.6 Å². The number of hydrogen-bond acceptors (Lipinski definition) is 4. The van der Waals surface area contributed by atoms with Crippen molar-refractivity contribution >= 4 is 29.1 Å². The number of amides is 2. The summed E-state index contributed by atoms with van der Waals surface area (Å²) < 4.78 is 13.5. The van der Waals surface area contributed by atoms with Gasteiger partial charge in [-0.3, -0.25) is 9.59 Å². The number of nitrogens with two attached hydrogens (primary N) is 1. The number of hydrogen-bond donors (Lipinski definition) is 2. The third-order valence-electron chi connectivity index (χ3n) is 2.36. The minimum atomic E-state index is -0.730. The number of carbonyl (C=O) groups is 2. The van der Waals surface area contributed by atoms with E-state index in [0.29, 0.717) is 0 Å². The minimum Gasteiger partial charge on any atom is -0.366 e. The molecule has 0 spiro atoms. The standard InChI is InChI=1S/C12H8ClFN4O2/c13-10-4-3-8(17-18-10)12(20)16-9-5-6(11(15)19)1-2-7(9)14/h1-5H,(H2,15,19)(H,16,20). The molecule has 2 rings (SSSR count). The molecule has 1 aromatic carbocycles. The molecule has 3 N–H and O–H groups in total. The number of anilines is 1. The van der Waals surface area contributed by atoms with Crippen molar-refractivity contribution in [2.24, 2.45) is 5.73 Å². The molecular weight excluding hydrogens is 287 g/mol. The van der Waals surface area contributed by atoms with Crippen LogP contribution in [-0.4, -0.2) is 22.0 Å². The summed E-state index contributed by atoms with van der Waals surface area (Å²) in [4.78, 5) is 22.8. The van der Waals surface area contributed by atoms with Crippen LogP contribution in [0.5, 0.6) is 0 Å². The van der Waals surface area contributed by atoms with Crippen molar-refractivity contribution < 1.29 is 14.0 Å². The fourth-order valence-corrected chi connectivity index (χ4v) is 1.50. The van der Waals surface area contributed by atoms with Crippen LogP contribution in [0.25, 0.3) is 0 Å². The lowest BCUT2D eigenvalue weighted by Crippen LogP contribution is -2.17. The molecule has 0 saturated heterocycles. The number of carbonyl (C=O) groups excluding carboxylic acids is 2. The molecule has 0 radical (unpaired) electrons. The number of primary amides is 1. The van der Waals surface area contributed by atoms with Gasteiger partial charge < -0.3 is 11.1 Å². The molecule has 0 bridgehead atoms. The molecule has 102 valence electrons. The summed E-state index contributed by atoms with van der Waals surface area (Å²) in [6, 6.07) is 6.09. The molecule has 2 aromatic rings. The van der Waals surface area contributed by atoms with E-state index in [1.807, 2.05) is 0 Å². The van der Waals surface area contributed by atoms with Gasteiger partial charge in [0, 0.05) is 5.56 Å². The highest BCUT2D eigenvalue weighted by molar-refractivity contribution is 6.29. The average Bonchev–Trinajstić information content (AvgIpc) is 2.41. The highest BCUT2D eigenvalue weighted by atomic mass is 35.5. The van der Waals surface area contributed by atoms with Gasteiger partial charge in [0.25, 0.3) is 5.91 Å². The second-order valence-corrected chi connectivity index (χ2v) is 4.14. The highest BCUT2D eigenvalue weighted by Crippen LogP contribution is 2.17. The number of benzene rings is 1. The van der Waals surface area contributed by atoms with E-state index in [1.165, 1.54) is 18.2 Å². The normalized spacial score (nSPS) is 10.1. The Labute approximate surface area is 117 Å². The maximum absolute atomic E-state index is 13.5. The Morgan fingerprint density at radius 1 is 1.20 bits per heavy atom. The fraction of sp³-hybridized carbons (Fsp3) is 0. The largest absolute Gasteiger partial charge is 0.366 e. The Bertz CT molecular complexity index is 676. The van der Waals surface area contributed by atoms with Crippen LogP contribution in [0, 0.1) is 5.82 Å². The molecule has 0 aliphatic rings. The predicted molar refractivity (Wildman–Crippen MR) is 69.9 cm³/mol. The molecule has 0 fully saturated rings. The topological polar surface area (TPSA) is 98.0 Å². The van der Waals surface area contributed by atoms with Crippen molar-refractivity contribution in [1.82, 2.24) is 10.2 Å². The summed E-state index contributed by atoms with van der Waals surface area (Å²) in [7, 11) is 0. The van der Waals surface area contributed by atoms with Crippen LogP contribution in [-0.2, 0) is 0 Å². The van der Waals surface area contributed by atoms with Crippen LogP contribution in [0.15, 0.2) is 30.3 Å². The van der Waals surface area contributed by atoms with Crippen LogP contribution >= 0.6 is 11.6 Å². The summed E-state index contributed by atoms with van der Waals surface area (Å²) >= 11 is 5.54. The second kappa shape index (κ2) is 5.62. The van der Waals surface area contributed by atoms with Crippen molar-refractivity contribution in [3.05, 3.63) is 52.6 Å². The number of aromatic nitrogens is 2. The molecule has 6 nitrogen and oxygen atoms in total. The van der Waals surface area contributed by atoms with Crippen molar-refractivity contribution in [3.8, 4) is 0 Å². The predicted octanol–water partition coefficient (Wildman–Crippen LogP) is 1.62. The van der Waals surface area contributed by atoms with Crippen molar-refractivity contribution in [2.45, 2.75) is 0 Å². The minimum absolute atomic E-state index is 0.0433. The summed E-state index contributed by atoms with van der Waals surface area (Å²) in [5.41, 5.74) is 4.93. The highest BCUT2D eigenvalue weighted by Gasteiger charge is 2.13. The lowest BCUT2D eigenvalue weighted by Gasteiger charge is -2.06. The molecule has 0 aliphatic heterocycles. The number of rotatable bonds is 3. The fourth-order valence-electron chi connectivity index (χ4n) is 1.40.